The topological polar surface area (TPSA) is 85.6 Å². The lowest BCUT2D eigenvalue weighted by atomic mass is 10.1. The molecule has 196 valence electrons. The molecule has 1 atom stereocenters. The van der Waals surface area contributed by atoms with Gasteiger partial charge < -0.3 is 10.1 Å². The largest absolute Gasteiger partial charge is 0.481 e. The third kappa shape index (κ3) is 6.72. The van der Waals surface area contributed by atoms with E-state index in [1.165, 1.54) is 4.68 Å². The van der Waals surface area contributed by atoms with Gasteiger partial charge in [-0.05, 0) is 98.4 Å². The van der Waals surface area contributed by atoms with E-state index in [1.54, 1.807) is 48.7 Å². The zero-order valence-corrected chi connectivity index (χ0v) is 25.9. The Labute approximate surface area is 249 Å². The van der Waals surface area contributed by atoms with E-state index in [-0.39, 0.29) is 24.0 Å². The number of halogens is 4. The van der Waals surface area contributed by atoms with E-state index in [4.69, 9.17) is 21.3 Å². The third-order valence-corrected chi connectivity index (χ3v) is 7.63. The highest BCUT2D eigenvalue weighted by atomic mass is 79.9. The number of benzene rings is 3. The van der Waals surface area contributed by atoms with E-state index >= 15 is 0 Å². The molecule has 4 rings (SSSR count). The van der Waals surface area contributed by atoms with E-state index in [0.29, 0.717) is 47.7 Å². The molecule has 4 aromatic rings. The molecule has 0 saturated carbocycles. The van der Waals surface area contributed by atoms with Crippen LogP contribution in [-0.2, 0) is 4.79 Å². The Balaban J connectivity index is 1.57. The molecule has 0 spiro atoms. The first-order chi connectivity index (χ1) is 18.2. The smallest absolute Gasteiger partial charge is 0.282 e. The molecule has 0 unspecified atom stereocenters. The fourth-order valence-corrected chi connectivity index (χ4v) is 5.50. The van der Waals surface area contributed by atoms with Crippen LogP contribution >= 0.6 is 59.4 Å². The minimum absolute atomic E-state index is 0.0289. The van der Waals surface area contributed by atoms with Crippen molar-refractivity contribution in [1.82, 2.24) is 9.66 Å². The van der Waals surface area contributed by atoms with E-state index in [1.807, 2.05) is 26.0 Å². The lowest BCUT2D eigenvalue weighted by molar-refractivity contribution is -0.118. The molecule has 11 heteroatoms. The Hall–Kier alpha value is -2.53. The molecule has 1 heterocycles. The van der Waals surface area contributed by atoms with Gasteiger partial charge in [-0.2, -0.15) is 9.78 Å². The van der Waals surface area contributed by atoms with Gasteiger partial charge in [0.2, 0.25) is 0 Å². The second-order valence-electron chi connectivity index (χ2n) is 8.46. The van der Waals surface area contributed by atoms with E-state index in [9.17, 15) is 9.59 Å². The van der Waals surface area contributed by atoms with Crippen LogP contribution in [0.2, 0.25) is 5.02 Å². The Morgan fingerprint density at radius 3 is 2.47 bits per heavy atom. The average Bonchev–Trinajstić information content (AvgIpc) is 2.88. The number of carbonyl (C=O) groups excluding carboxylic acids is 1. The summed E-state index contributed by atoms with van der Waals surface area (Å²) in [5, 5.41) is 8.33. The van der Waals surface area contributed by atoms with Gasteiger partial charge in [-0.15, -0.1) is 0 Å². The lowest BCUT2D eigenvalue weighted by Crippen LogP contribution is -2.23. The molecular weight excluding hydrogens is 703 g/mol. The number of ether oxygens (including phenoxy) is 1. The number of nitrogens with zero attached hydrogens (tertiary/aromatic N) is 3. The molecular formula is C27H22Br3ClN4O3. The van der Waals surface area contributed by atoms with Crippen LogP contribution in [0.4, 0.5) is 5.69 Å². The maximum absolute atomic E-state index is 13.3. The van der Waals surface area contributed by atoms with Gasteiger partial charge in [-0.3, -0.25) is 9.59 Å². The molecule has 7 nitrogen and oxygen atoms in total. The van der Waals surface area contributed by atoms with Gasteiger partial charge in [0, 0.05) is 21.1 Å². The first kappa shape index (κ1) is 28.5. The predicted octanol–water partition coefficient (Wildman–Crippen LogP) is 7.75. The molecule has 1 amide bonds. The molecule has 1 N–H and O–H groups in total. The first-order valence-corrected chi connectivity index (χ1v) is 14.4. The van der Waals surface area contributed by atoms with E-state index < -0.39 is 0 Å². The van der Waals surface area contributed by atoms with Crippen molar-refractivity contribution >= 4 is 88.1 Å². The summed E-state index contributed by atoms with van der Waals surface area (Å²) in [6.45, 7) is 3.86. The average molecular weight is 726 g/mol. The zero-order chi connectivity index (χ0) is 27.4. The van der Waals surface area contributed by atoms with E-state index in [0.717, 1.165) is 10.9 Å². The van der Waals surface area contributed by atoms with Gasteiger partial charge in [0.25, 0.3) is 11.5 Å². The second kappa shape index (κ2) is 12.5. The molecule has 38 heavy (non-hydrogen) atoms. The lowest BCUT2D eigenvalue weighted by Gasteiger charge is -2.14. The van der Waals surface area contributed by atoms with Gasteiger partial charge in [0.15, 0.2) is 6.61 Å². The maximum Gasteiger partial charge on any atom is 0.282 e. The zero-order valence-electron chi connectivity index (χ0n) is 20.3. The summed E-state index contributed by atoms with van der Waals surface area (Å²) in [7, 11) is 0. The molecule has 0 saturated heterocycles. The van der Waals surface area contributed by atoms with Crippen LogP contribution in [0.5, 0.6) is 5.75 Å². The highest BCUT2D eigenvalue weighted by Crippen LogP contribution is 2.34. The minimum atomic E-state index is -0.316. The van der Waals surface area contributed by atoms with Crippen molar-refractivity contribution in [3.63, 3.8) is 0 Å². The number of hydrogen-bond acceptors (Lipinski definition) is 5. The highest BCUT2D eigenvalue weighted by molar-refractivity contribution is 9.11. The van der Waals surface area contributed by atoms with Crippen molar-refractivity contribution < 1.29 is 9.53 Å². The van der Waals surface area contributed by atoms with Crippen molar-refractivity contribution in [3.05, 3.63) is 94.8 Å². The van der Waals surface area contributed by atoms with Gasteiger partial charge in [-0.25, -0.2) is 4.98 Å². The normalized spacial score (nSPS) is 12.2. The van der Waals surface area contributed by atoms with Gasteiger partial charge in [0.1, 0.15) is 11.6 Å². The molecule has 0 radical (unpaired) electrons. The predicted molar refractivity (Wildman–Crippen MR) is 163 cm³/mol. The van der Waals surface area contributed by atoms with Gasteiger partial charge >= 0.3 is 0 Å². The van der Waals surface area contributed by atoms with Crippen molar-refractivity contribution in [2.24, 2.45) is 5.10 Å². The fraction of sp³-hybridized carbons (Fsp3) is 0.185. The Morgan fingerprint density at radius 2 is 1.82 bits per heavy atom. The third-order valence-electron chi connectivity index (χ3n) is 5.70. The van der Waals surface area contributed by atoms with Crippen LogP contribution in [0, 0.1) is 0 Å². The van der Waals surface area contributed by atoms with Gasteiger partial charge in [0.05, 0.1) is 26.1 Å². The number of anilines is 1. The summed E-state index contributed by atoms with van der Waals surface area (Å²) < 4.78 is 9.12. The fourth-order valence-electron chi connectivity index (χ4n) is 3.56. The van der Waals surface area contributed by atoms with Crippen molar-refractivity contribution in [2.75, 3.05) is 11.9 Å². The van der Waals surface area contributed by atoms with Gasteiger partial charge in [-0.1, -0.05) is 41.4 Å². The first-order valence-electron chi connectivity index (χ1n) is 11.6. The van der Waals surface area contributed by atoms with Crippen LogP contribution in [0.15, 0.2) is 77.9 Å². The number of amides is 1. The van der Waals surface area contributed by atoms with Crippen LogP contribution in [0.3, 0.4) is 0 Å². The summed E-state index contributed by atoms with van der Waals surface area (Å²) in [5.74, 6) is 0.766. The number of fused-ring (bicyclic) bond motifs is 1. The molecule has 3 aromatic carbocycles. The Morgan fingerprint density at radius 1 is 1.13 bits per heavy atom. The Kier molecular flexibility index (Phi) is 9.40. The molecule has 0 aliphatic heterocycles. The summed E-state index contributed by atoms with van der Waals surface area (Å²) in [5.41, 5.74) is 1.72. The number of nitrogens with one attached hydrogen (secondary N) is 1. The van der Waals surface area contributed by atoms with Crippen LogP contribution in [-0.4, -0.2) is 28.4 Å². The van der Waals surface area contributed by atoms with Crippen molar-refractivity contribution in [2.45, 2.75) is 26.2 Å². The molecule has 0 aliphatic rings. The van der Waals surface area contributed by atoms with E-state index in [2.05, 4.69) is 58.2 Å². The summed E-state index contributed by atoms with van der Waals surface area (Å²) >= 11 is 16.3. The molecule has 0 bridgehead atoms. The van der Waals surface area contributed by atoms with Crippen molar-refractivity contribution in [1.29, 1.82) is 0 Å². The van der Waals surface area contributed by atoms with Crippen molar-refractivity contribution in [3.8, 4) is 5.75 Å². The minimum Gasteiger partial charge on any atom is -0.481 e. The molecule has 1 aromatic heterocycles. The monoisotopic (exact) mass is 722 g/mol. The number of hydrogen-bond donors (Lipinski definition) is 1. The highest BCUT2D eigenvalue weighted by Gasteiger charge is 2.16. The molecule has 0 fully saturated rings. The molecule has 0 aliphatic carbocycles. The quantitative estimate of drug-likeness (QED) is 0.188. The second-order valence-corrected chi connectivity index (χ2v) is 11.5. The Bertz CT molecular complexity index is 1570. The van der Waals surface area contributed by atoms with Crippen LogP contribution < -0.4 is 15.6 Å². The van der Waals surface area contributed by atoms with Crippen LogP contribution in [0.25, 0.3) is 10.9 Å². The maximum atomic E-state index is 13.3. The standard InChI is InChI=1S/C27H22Br3ClN4O3/c1-3-15(2)26-34-23-9-4-17(28)12-20(23)27(37)35(26)32-13-16-10-21(29)25(22(30)11-16)38-14-24(36)33-19-7-5-18(31)6-8-19/h4-13,15H,3,14H2,1-2H3,(H,33,36)/t15-/m0/s1. The summed E-state index contributed by atoms with van der Waals surface area (Å²) in [6, 6.07) is 15.8. The van der Waals surface area contributed by atoms with Crippen LogP contribution in [0.1, 0.15) is 37.6 Å². The number of aromatic nitrogens is 2. The summed E-state index contributed by atoms with van der Waals surface area (Å²) in [6.07, 6.45) is 2.39. The SMILES string of the molecule is CC[C@H](C)c1nc2ccc(Br)cc2c(=O)n1N=Cc1cc(Br)c(OCC(=O)Nc2ccc(Cl)cc2)c(Br)c1. The number of rotatable bonds is 8. The number of carbonyl (C=O) groups is 1. The summed E-state index contributed by atoms with van der Waals surface area (Å²) in [4.78, 5) is 30.4.